The van der Waals surface area contributed by atoms with E-state index in [1.165, 1.54) is 5.56 Å². The van der Waals surface area contributed by atoms with Gasteiger partial charge in [0.15, 0.2) is 11.5 Å². The molecule has 1 unspecified atom stereocenters. The Morgan fingerprint density at radius 2 is 1.96 bits per heavy atom. The highest BCUT2D eigenvalue weighted by Gasteiger charge is 2.11. The van der Waals surface area contributed by atoms with Crippen molar-refractivity contribution in [1.82, 2.24) is 15.5 Å². The molecule has 0 fully saturated rings. The summed E-state index contributed by atoms with van der Waals surface area (Å²) in [7, 11) is 0. The van der Waals surface area contributed by atoms with Crippen molar-refractivity contribution < 1.29 is 4.79 Å². The lowest BCUT2D eigenvalue weighted by Gasteiger charge is -2.13. The van der Waals surface area contributed by atoms with Gasteiger partial charge in [-0.3, -0.25) is 4.79 Å². The van der Waals surface area contributed by atoms with Crippen LogP contribution in [0.15, 0.2) is 30.3 Å². The van der Waals surface area contributed by atoms with Gasteiger partial charge in [0.1, 0.15) is 0 Å². The zero-order chi connectivity index (χ0) is 16.8. The van der Waals surface area contributed by atoms with Gasteiger partial charge in [0.2, 0.25) is 0 Å². The van der Waals surface area contributed by atoms with E-state index in [2.05, 4.69) is 46.8 Å². The first-order chi connectivity index (χ1) is 11.0. The number of para-hydroxylation sites is 1. The zero-order valence-corrected chi connectivity index (χ0v) is 14.2. The van der Waals surface area contributed by atoms with Crippen LogP contribution in [0.2, 0.25) is 0 Å². The Morgan fingerprint density at radius 3 is 2.57 bits per heavy atom. The molecule has 0 aliphatic rings. The molecular formula is C18H24N4O. The Bertz CT molecular complexity index is 667. The monoisotopic (exact) mass is 312 g/mol. The van der Waals surface area contributed by atoms with Crippen LogP contribution in [-0.4, -0.2) is 22.1 Å². The van der Waals surface area contributed by atoms with Crippen molar-refractivity contribution in [3.05, 3.63) is 47.2 Å². The standard InChI is InChI=1S/C18H24N4O/c1-5-13(4)19-18(23)15-10-11-16(22-21-15)20-17-12(3)8-7-9-14(17)6-2/h7-11,13H,5-6H2,1-4H3,(H,19,23)(H,20,22). The number of anilines is 2. The van der Waals surface area contributed by atoms with Gasteiger partial charge in [-0.15, -0.1) is 10.2 Å². The molecule has 2 aromatic rings. The maximum atomic E-state index is 12.0. The van der Waals surface area contributed by atoms with Crippen LogP contribution in [0.3, 0.4) is 0 Å². The second-order valence-electron chi connectivity index (χ2n) is 5.67. The Morgan fingerprint density at radius 1 is 1.17 bits per heavy atom. The minimum atomic E-state index is -0.191. The third-order valence-corrected chi connectivity index (χ3v) is 3.88. The number of nitrogens with zero attached hydrogens (tertiary/aromatic N) is 2. The van der Waals surface area contributed by atoms with Gasteiger partial charge >= 0.3 is 0 Å². The fourth-order valence-corrected chi connectivity index (χ4v) is 2.25. The van der Waals surface area contributed by atoms with Crippen molar-refractivity contribution >= 4 is 17.4 Å². The van der Waals surface area contributed by atoms with Crippen LogP contribution in [0.4, 0.5) is 11.5 Å². The molecule has 5 nitrogen and oxygen atoms in total. The van der Waals surface area contributed by atoms with E-state index in [0.717, 1.165) is 24.1 Å². The maximum absolute atomic E-state index is 12.0. The molecule has 0 radical (unpaired) electrons. The van der Waals surface area contributed by atoms with E-state index in [1.54, 1.807) is 12.1 Å². The predicted molar refractivity (Wildman–Crippen MR) is 93.1 cm³/mol. The number of hydrogen-bond donors (Lipinski definition) is 2. The molecular weight excluding hydrogens is 288 g/mol. The molecule has 0 bridgehead atoms. The molecule has 0 aliphatic carbocycles. The van der Waals surface area contributed by atoms with Crippen LogP contribution in [0, 0.1) is 6.92 Å². The first-order valence-corrected chi connectivity index (χ1v) is 8.05. The van der Waals surface area contributed by atoms with E-state index in [9.17, 15) is 4.79 Å². The number of carbonyl (C=O) groups excluding carboxylic acids is 1. The molecule has 1 aromatic heterocycles. The summed E-state index contributed by atoms with van der Waals surface area (Å²) in [6, 6.07) is 9.80. The molecule has 1 amide bonds. The third kappa shape index (κ3) is 4.28. The smallest absolute Gasteiger partial charge is 0.272 e. The summed E-state index contributed by atoms with van der Waals surface area (Å²) in [5.41, 5.74) is 3.77. The van der Waals surface area contributed by atoms with Crippen molar-refractivity contribution in [3.8, 4) is 0 Å². The summed E-state index contributed by atoms with van der Waals surface area (Å²) in [6.07, 6.45) is 1.82. The van der Waals surface area contributed by atoms with E-state index < -0.39 is 0 Å². The summed E-state index contributed by atoms with van der Waals surface area (Å²) < 4.78 is 0. The number of hydrogen-bond acceptors (Lipinski definition) is 4. The highest BCUT2D eigenvalue weighted by Crippen LogP contribution is 2.24. The molecule has 122 valence electrons. The fourth-order valence-electron chi connectivity index (χ4n) is 2.25. The first-order valence-electron chi connectivity index (χ1n) is 8.05. The predicted octanol–water partition coefficient (Wildman–Crippen LogP) is 3.62. The van der Waals surface area contributed by atoms with Gasteiger partial charge < -0.3 is 10.6 Å². The SMILES string of the molecule is CCc1cccc(C)c1Nc1ccc(C(=O)NC(C)CC)nn1. The van der Waals surface area contributed by atoms with E-state index in [-0.39, 0.29) is 11.9 Å². The highest BCUT2D eigenvalue weighted by atomic mass is 16.2. The van der Waals surface area contributed by atoms with Crippen LogP contribution >= 0.6 is 0 Å². The van der Waals surface area contributed by atoms with Crippen LogP contribution in [-0.2, 0) is 6.42 Å². The number of nitrogens with one attached hydrogen (secondary N) is 2. The Kier molecular flexibility index (Phi) is 5.68. The average Bonchev–Trinajstić information content (AvgIpc) is 2.57. The average molecular weight is 312 g/mol. The van der Waals surface area contributed by atoms with E-state index in [1.807, 2.05) is 19.9 Å². The van der Waals surface area contributed by atoms with E-state index >= 15 is 0 Å². The minimum absolute atomic E-state index is 0.126. The second kappa shape index (κ2) is 7.72. The number of aromatic nitrogens is 2. The summed E-state index contributed by atoms with van der Waals surface area (Å²) in [5.74, 6) is 0.442. The fraction of sp³-hybridized carbons (Fsp3) is 0.389. The lowest BCUT2D eigenvalue weighted by molar-refractivity contribution is 0.0933. The van der Waals surface area contributed by atoms with Crippen molar-refractivity contribution in [2.24, 2.45) is 0 Å². The lowest BCUT2D eigenvalue weighted by Crippen LogP contribution is -2.32. The quantitative estimate of drug-likeness (QED) is 0.855. The highest BCUT2D eigenvalue weighted by molar-refractivity contribution is 5.92. The van der Waals surface area contributed by atoms with Crippen LogP contribution in [0.25, 0.3) is 0 Å². The van der Waals surface area contributed by atoms with Gasteiger partial charge in [0.25, 0.3) is 5.91 Å². The molecule has 2 rings (SSSR count). The molecule has 5 heteroatoms. The molecule has 1 atom stereocenters. The zero-order valence-electron chi connectivity index (χ0n) is 14.2. The summed E-state index contributed by atoms with van der Waals surface area (Å²) >= 11 is 0. The number of rotatable bonds is 6. The number of carbonyl (C=O) groups is 1. The molecule has 0 saturated heterocycles. The Labute approximate surface area is 137 Å². The maximum Gasteiger partial charge on any atom is 0.272 e. The largest absolute Gasteiger partial charge is 0.348 e. The van der Waals surface area contributed by atoms with Crippen molar-refractivity contribution in [2.75, 3.05) is 5.32 Å². The number of benzene rings is 1. The Balaban J connectivity index is 2.13. The molecule has 23 heavy (non-hydrogen) atoms. The second-order valence-corrected chi connectivity index (χ2v) is 5.67. The van der Waals surface area contributed by atoms with Gasteiger partial charge in [0.05, 0.1) is 0 Å². The van der Waals surface area contributed by atoms with Crippen molar-refractivity contribution in [3.63, 3.8) is 0 Å². The lowest BCUT2D eigenvalue weighted by atomic mass is 10.1. The number of aryl methyl sites for hydroxylation is 2. The van der Waals surface area contributed by atoms with E-state index in [0.29, 0.717) is 11.5 Å². The van der Waals surface area contributed by atoms with Gasteiger partial charge in [0, 0.05) is 11.7 Å². The molecule has 2 N–H and O–H groups in total. The summed E-state index contributed by atoms with van der Waals surface area (Å²) in [4.78, 5) is 12.0. The van der Waals surface area contributed by atoms with Gasteiger partial charge in [-0.25, -0.2) is 0 Å². The van der Waals surface area contributed by atoms with Gasteiger partial charge in [-0.1, -0.05) is 32.0 Å². The van der Waals surface area contributed by atoms with Crippen LogP contribution in [0.5, 0.6) is 0 Å². The third-order valence-electron chi connectivity index (χ3n) is 3.88. The molecule has 0 saturated carbocycles. The van der Waals surface area contributed by atoms with E-state index in [4.69, 9.17) is 0 Å². The molecule has 1 aromatic carbocycles. The minimum Gasteiger partial charge on any atom is -0.348 e. The van der Waals surface area contributed by atoms with Crippen LogP contribution < -0.4 is 10.6 Å². The van der Waals surface area contributed by atoms with Crippen LogP contribution in [0.1, 0.15) is 48.8 Å². The first kappa shape index (κ1) is 16.9. The van der Waals surface area contributed by atoms with Crippen molar-refractivity contribution in [2.45, 2.75) is 46.6 Å². The van der Waals surface area contributed by atoms with Gasteiger partial charge in [-0.2, -0.15) is 0 Å². The molecule has 0 spiro atoms. The van der Waals surface area contributed by atoms with Crippen molar-refractivity contribution in [1.29, 1.82) is 0 Å². The number of amides is 1. The topological polar surface area (TPSA) is 66.9 Å². The summed E-state index contributed by atoms with van der Waals surface area (Å²) in [5, 5.41) is 14.3. The molecule has 1 heterocycles. The molecule has 0 aliphatic heterocycles. The summed E-state index contributed by atoms with van der Waals surface area (Å²) in [6.45, 7) is 8.17. The Hall–Kier alpha value is -2.43. The normalized spacial score (nSPS) is 11.8. The van der Waals surface area contributed by atoms with Gasteiger partial charge in [-0.05, 0) is 49.9 Å².